The molecule has 1 saturated heterocycles. The molecule has 1 aliphatic rings. The highest BCUT2D eigenvalue weighted by Gasteiger charge is 2.29. The van der Waals surface area contributed by atoms with Crippen molar-refractivity contribution >= 4 is 5.97 Å². The van der Waals surface area contributed by atoms with E-state index in [2.05, 4.69) is 11.8 Å². The fourth-order valence-corrected chi connectivity index (χ4v) is 2.45. The second kappa shape index (κ2) is 4.92. The monoisotopic (exact) mass is 237 g/mol. The van der Waals surface area contributed by atoms with Crippen LogP contribution in [0.15, 0.2) is 16.5 Å². The van der Waals surface area contributed by atoms with Gasteiger partial charge in [0.05, 0.1) is 12.5 Å². The van der Waals surface area contributed by atoms with Crippen molar-refractivity contribution in [1.82, 2.24) is 4.90 Å². The molecular weight excluding hydrogens is 218 g/mol. The normalized spacial score (nSPS) is 26.0. The van der Waals surface area contributed by atoms with E-state index in [0.717, 1.165) is 37.5 Å². The maximum absolute atomic E-state index is 10.9. The number of carboxylic acid groups (broad SMARTS) is 1. The van der Waals surface area contributed by atoms with Crippen molar-refractivity contribution in [1.29, 1.82) is 0 Å². The minimum Gasteiger partial charge on any atom is -0.481 e. The van der Waals surface area contributed by atoms with Gasteiger partial charge in [-0.1, -0.05) is 0 Å². The number of rotatable bonds is 3. The Balaban J connectivity index is 1.93. The van der Waals surface area contributed by atoms with Crippen LogP contribution in [0.5, 0.6) is 0 Å². The highest BCUT2D eigenvalue weighted by Crippen LogP contribution is 2.24. The molecule has 0 aliphatic carbocycles. The standard InChI is InChI=1S/C13H19NO3/c1-9-7-11(13(15)16)5-6-14(9)8-12-4-3-10(2)17-12/h3-4,9,11H,5-8H2,1-2H3,(H,15,16). The molecule has 2 unspecified atom stereocenters. The number of carboxylic acids is 1. The van der Waals surface area contributed by atoms with Gasteiger partial charge in [0, 0.05) is 6.04 Å². The summed E-state index contributed by atoms with van der Waals surface area (Å²) in [5.74, 6) is 1.04. The Morgan fingerprint density at radius 1 is 1.59 bits per heavy atom. The number of carbonyl (C=O) groups is 1. The number of hydrogen-bond acceptors (Lipinski definition) is 3. The number of aliphatic carboxylic acids is 1. The van der Waals surface area contributed by atoms with Crippen molar-refractivity contribution in [3.8, 4) is 0 Å². The second-order valence-corrected chi connectivity index (χ2v) is 4.89. The first-order valence-corrected chi connectivity index (χ1v) is 6.08. The molecule has 17 heavy (non-hydrogen) atoms. The van der Waals surface area contributed by atoms with E-state index in [9.17, 15) is 4.79 Å². The van der Waals surface area contributed by atoms with E-state index >= 15 is 0 Å². The van der Waals surface area contributed by atoms with E-state index in [1.54, 1.807) is 0 Å². The molecule has 1 N–H and O–H groups in total. The number of hydrogen-bond donors (Lipinski definition) is 1. The molecule has 4 nitrogen and oxygen atoms in total. The van der Waals surface area contributed by atoms with Crippen molar-refractivity contribution < 1.29 is 14.3 Å². The van der Waals surface area contributed by atoms with Gasteiger partial charge in [0.25, 0.3) is 0 Å². The van der Waals surface area contributed by atoms with Gasteiger partial charge >= 0.3 is 5.97 Å². The van der Waals surface area contributed by atoms with Crippen molar-refractivity contribution in [3.05, 3.63) is 23.7 Å². The molecule has 94 valence electrons. The molecule has 2 rings (SSSR count). The summed E-state index contributed by atoms with van der Waals surface area (Å²) in [5.41, 5.74) is 0. The summed E-state index contributed by atoms with van der Waals surface area (Å²) in [6.07, 6.45) is 1.47. The maximum atomic E-state index is 10.9. The molecule has 0 saturated carbocycles. The molecule has 0 radical (unpaired) electrons. The molecule has 1 aliphatic heterocycles. The van der Waals surface area contributed by atoms with Crippen LogP contribution in [0.3, 0.4) is 0 Å². The first-order chi connectivity index (χ1) is 8.06. The minimum atomic E-state index is -0.662. The third kappa shape index (κ3) is 2.88. The molecule has 1 aromatic heterocycles. The average molecular weight is 237 g/mol. The fraction of sp³-hybridized carbons (Fsp3) is 0.615. The highest BCUT2D eigenvalue weighted by molar-refractivity contribution is 5.70. The molecule has 0 aromatic carbocycles. The Hall–Kier alpha value is -1.29. The van der Waals surface area contributed by atoms with Crippen LogP contribution in [0.4, 0.5) is 0 Å². The summed E-state index contributed by atoms with van der Waals surface area (Å²) in [4.78, 5) is 13.2. The Labute approximate surface area is 101 Å². The van der Waals surface area contributed by atoms with E-state index in [4.69, 9.17) is 9.52 Å². The topological polar surface area (TPSA) is 53.7 Å². The van der Waals surface area contributed by atoms with E-state index in [1.807, 2.05) is 19.1 Å². The van der Waals surface area contributed by atoms with Crippen molar-refractivity contribution in [2.75, 3.05) is 6.54 Å². The fourth-order valence-electron chi connectivity index (χ4n) is 2.45. The summed E-state index contributed by atoms with van der Waals surface area (Å²) in [5, 5.41) is 9.00. The highest BCUT2D eigenvalue weighted by atomic mass is 16.4. The minimum absolute atomic E-state index is 0.181. The SMILES string of the molecule is Cc1ccc(CN2CCC(C(=O)O)CC2C)o1. The number of nitrogens with zero attached hydrogens (tertiary/aromatic N) is 1. The lowest BCUT2D eigenvalue weighted by Crippen LogP contribution is -2.42. The third-order valence-electron chi connectivity index (χ3n) is 3.52. The molecule has 2 heterocycles. The summed E-state index contributed by atoms with van der Waals surface area (Å²) >= 11 is 0. The predicted molar refractivity (Wildman–Crippen MR) is 63.7 cm³/mol. The second-order valence-electron chi connectivity index (χ2n) is 4.89. The molecule has 0 bridgehead atoms. The van der Waals surface area contributed by atoms with Crippen LogP contribution in [0.1, 0.15) is 31.3 Å². The van der Waals surface area contributed by atoms with Gasteiger partial charge in [-0.25, -0.2) is 0 Å². The van der Waals surface area contributed by atoms with Crippen molar-refractivity contribution in [2.24, 2.45) is 5.92 Å². The van der Waals surface area contributed by atoms with Gasteiger partial charge in [0.2, 0.25) is 0 Å². The van der Waals surface area contributed by atoms with E-state index < -0.39 is 5.97 Å². The van der Waals surface area contributed by atoms with Gasteiger partial charge in [-0.2, -0.15) is 0 Å². The van der Waals surface area contributed by atoms with E-state index in [-0.39, 0.29) is 5.92 Å². The van der Waals surface area contributed by atoms with E-state index in [0.29, 0.717) is 6.04 Å². The van der Waals surface area contributed by atoms with Gasteiger partial charge in [0.15, 0.2) is 0 Å². The third-order valence-corrected chi connectivity index (χ3v) is 3.52. The molecule has 2 atom stereocenters. The molecule has 1 fully saturated rings. The summed E-state index contributed by atoms with van der Waals surface area (Å²) in [6, 6.07) is 4.25. The smallest absolute Gasteiger partial charge is 0.306 e. The lowest BCUT2D eigenvalue weighted by atomic mass is 9.92. The summed E-state index contributed by atoms with van der Waals surface area (Å²) in [7, 11) is 0. The van der Waals surface area contributed by atoms with Crippen LogP contribution in [0.25, 0.3) is 0 Å². The van der Waals surface area contributed by atoms with Gasteiger partial charge in [0.1, 0.15) is 11.5 Å². The molecular formula is C13H19NO3. The lowest BCUT2D eigenvalue weighted by Gasteiger charge is -2.35. The molecule has 0 spiro atoms. The van der Waals surface area contributed by atoms with Gasteiger partial charge in [-0.3, -0.25) is 9.69 Å². The Bertz CT molecular complexity index is 399. The number of aryl methyl sites for hydroxylation is 1. The quantitative estimate of drug-likeness (QED) is 0.876. The van der Waals surface area contributed by atoms with Gasteiger partial charge in [-0.15, -0.1) is 0 Å². The van der Waals surface area contributed by atoms with Crippen molar-refractivity contribution in [3.63, 3.8) is 0 Å². The van der Waals surface area contributed by atoms with Crippen LogP contribution in [-0.4, -0.2) is 28.6 Å². The zero-order valence-electron chi connectivity index (χ0n) is 10.3. The predicted octanol–water partition coefficient (Wildman–Crippen LogP) is 2.27. The molecule has 0 amide bonds. The van der Waals surface area contributed by atoms with Gasteiger partial charge in [-0.05, 0) is 45.4 Å². The Morgan fingerprint density at radius 2 is 2.35 bits per heavy atom. The zero-order valence-corrected chi connectivity index (χ0v) is 10.3. The maximum Gasteiger partial charge on any atom is 0.306 e. The lowest BCUT2D eigenvalue weighted by molar-refractivity contribution is -0.144. The molecule has 4 heteroatoms. The summed E-state index contributed by atoms with van der Waals surface area (Å²) < 4.78 is 5.55. The number of furan rings is 1. The molecule has 1 aromatic rings. The Kier molecular flexibility index (Phi) is 3.52. The van der Waals surface area contributed by atoms with Crippen LogP contribution >= 0.6 is 0 Å². The first kappa shape index (κ1) is 12.2. The van der Waals surface area contributed by atoms with Crippen LogP contribution in [0.2, 0.25) is 0 Å². The summed E-state index contributed by atoms with van der Waals surface area (Å²) in [6.45, 7) is 5.63. The van der Waals surface area contributed by atoms with Gasteiger partial charge < -0.3 is 9.52 Å². The largest absolute Gasteiger partial charge is 0.481 e. The number of likely N-dealkylation sites (tertiary alicyclic amines) is 1. The number of piperidine rings is 1. The van der Waals surface area contributed by atoms with Crippen molar-refractivity contribution in [2.45, 2.75) is 39.3 Å². The average Bonchev–Trinajstić information content (AvgIpc) is 2.67. The first-order valence-electron chi connectivity index (χ1n) is 6.08. The van der Waals surface area contributed by atoms with E-state index in [1.165, 1.54) is 0 Å². The zero-order chi connectivity index (χ0) is 12.4. The van der Waals surface area contributed by atoms with Crippen LogP contribution < -0.4 is 0 Å². The van der Waals surface area contributed by atoms with Crippen LogP contribution in [-0.2, 0) is 11.3 Å². The Morgan fingerprint density at radius 3 is 2.88 bits per heavy atom. The van der Waals surface area contributed by atoms with Crippen LogP contribution in [0, 0.1) is 12.8 Å².